The first kappa shape index (κ1) is 26.6. The van der Waals surface area contributed by atoms with Crippen LogP contribution >= 0.6 is 0 Å². The predicted molar refractivity (Wildman–Crippen MR) is 139 cm³/mol. The van der Waals surface area contributed by atoms with E-state index in [1.54, 1.807) is 72.8 Å². The van der Waals surface area contributed by atoms with Crippen LogP contribution in [0.4, 0.5) is 0 Å². The van der Waals surface area contributed by atoms with Gasteiger partial charge in [-0.05, 0) is 50.2 Å². The monoisotopic (exact) mass is 538 g/mol. The summed E-state index contributed by atoms with van der Waals surface area (Å²) in [5.74, 6) is 0.742. The van der Waals surface area contributed by atoms with Crippen molar-refractivity contribution in [2.75, 3.05) is 0 Å². The Hall–Kier alpha value is -3.50. The van der Waals surface area contributed by atoms with Crippen molar-refractivity contribution in [3.05, 3.63) is 119 Å². The zero-order chi connectivity index (χ0) is 26.5. The van der Waals surface area contributed by atoms with E-state index >= 15 is 0 Å². The SMILES string of the molecule is Cc1ccc(S(=O)(=O)OCc2ccccc2Oc2ccccc2COS(=O)(=O)c2ccc(C)cc2)cc1. The number of hydrogen-bond acceptors (Lipinski definition) is 7. The maximum Gasteiger partial charge on any atom is 0.297 e. The molecule has 4 aromatic rings. The van der Waals surface area contributed by atoms with Crippen LogP contribution in [0.15, 0.2) is 107 Å². The molecule has 0 N–H and O–H groups in total. The molecule has 0 amide bonds. The molecule has 0 aromatic heterocycles. The average molecular weight is 539 g/mol. The van der Waals surface area contributed by atoms with Gasteiger partial charge in [-0.1, -0.05) is 71.8 Å². The van der Waals surface area contributed by atoms with Crippen molar-refractivity contribution in [2.24, 2.45) is 0 Å². The molecule has 0 fully saturated rings. The molecule has 0 aliphatic rings. The van der Waals surface area contributed by atoms with E-state index in [0.717, 1.165) is 11.1 Å². The van der Waals surface area contributed by atoms with Crippen molar-refractivity contribution in [3.63, 3.8) is 0 Å². The van der Waals surface area contributed by atoms with Gasteiger partial charge in [0.1, 0.15) is 11.5 Å². The predicted octanol–water partition coefficient (Wildman–Crippen LogP) is 5.91. The molecule has 0 atom stereocenters. The summed E-state index contributed by atoms with van der Waals surface area (Å²) in [4.78, 5) is 0.127. The van der Waals surface area contributed by atoms with Crippen LogP contribution < -0.4 is 4.74 Å². The molecule has 0 aliphatic carbocycles. The summed E-state index contributed by atoms with van der Waals surface area (Å²) in [6, 6.07) is 26.5. The molecule has 4 rings (SSSR count). The zero-order valence-corrected chi connectivity index (χ0v) is 22.0. The highest BCUT2D eigenvalue weighted by atomic mass is 32.2. The molecule has 0 saturated carbocycles. The maximum absolute atomic E-state index is 12.6. The summed E-state index contributed by atoms with van der Waals surface area (Å²) >= 11 is 0. The second-order valence-corrected chi connectivity index (χ2v) is 11.6. The van der Waals surface area contributed by atoms with Crippen molar-refractivity contribution < 1.29 is 29.9 Å². The molecular formula is C28H26O7S2. The lowest BCUT2D eigenvalue weighted by molar-refractivity contribution is 0.297. The lowest BCUT2D eigenvalue weighted by atomic mass is 10.2. The lowest BCUT2D eigenvalue weighted by Gasteiger charge is -2.15. The van der Waals surface area contributed by atoms with E-state index in [9.17, 15) is 16.8 Å². The van der Waals surface area contributed by atoms with Gasteiger partial charge in [-0.2, -0.15) is 16.8 Å². The van der Waals surface area contributed by atoms with Gasteiger partial charge < -0.3 is 4.74 Å². The Balaban J connectivity index is 1.49. The number of rotatable bonds is 10. The quantitative estimate of drug-likeness (QED) is 0.232. The van der Waals surface area contributed by atoms with E-state index < -0.39 is 20.2 Å². The summed E-state index contributed by atoms with van der Waals surface area (Å²) in [5, 5.41) is 0. The third-order valence-corrected chi connectivity index (χ3v) is 8.08. The van der Waals surface area contributed by atoms with E-state index in [1.165, 1.54) is 24.3 Å². The van der Waals surface area contributed by atoms with Gasteiger partial charge in [-0.3, -0.25) is 8.37 Å². The minimum atomic E-state index is -3.97. The highest BCUT2D eigenvalue weighted by Crippen LogP contribution is 2.30. The summed E-state index contributed by atoms with van der Waals surface area (Å²) in [5.41, 5.74) is 2.88. The van der Waals surface area contributed by atoms with Crippen molar-refractivity contribution in [3.8, 4) is 11.5 Å². The first-order chi connectivity index (χ1) is 17.6. The van der Waals surface area contributed by atoms with Crippen LogP contribution in [0.25, 0.3) is 0 Å². The van der Waals surface area contributed by atoms with E-state index in [-0.39, 0.29) is 23.0 Å². The van der Waals surface area contributed by atoms with Crippen LogP contribution in [-0.2, 0) is 41.8 Å². The van der Waals surface area contributed by atoms with Crippen LogP contribution in [-0.4, -0.2) is 16.8 Å². The Bertz CT molecular complexity index is 1460. The number of aryl methyl sites for hydroxylation is 2. The Morgan fingerprint density at radius 1 is 0.514 bits per heavy atom. The van der Waals surface area contributed by atoms with Gasteiger partial charge in [0.25, 0.3) is 20.2 Å². The summed E-state index contributed by atoms with van der Waals surface area (Å²) in [6.45, 7) is 3.25. The van der Waals surface area contributed by atoms with E-state index in [4.69, 9.17) is 13.1 Å². The molecule has 9 heteroatoms. The molecular weight excluding hydrogens is 512 g/mol. The zero-order valence-electron chi connectivity index (χ0n) is 20.3. The third-order valence-electron chi connectivity index (χ3n) is 5.52. The molecule has 0 saturated heterocycles. The minimum absolute atomic E-state index is 0.0637. The Morgan fingerprint density at radius 3 is 1.24 bits per heavy atom. The van der Waals surface area contributed by atoms with Gasteiger partial charge in [0.15, 0.2) is 0 Å². The highest BCUT2D eigenvalue weighted by molar-refractivity contribution is 7.87. The maximum atomic E-state index is 12.6. The van der Waals surface area contributed by atoms with E-state index in [0.29, 0.717) is 22.6 Å². The molecule has 4 aromatic carbocycles. The summed E-state index contributed by atoms with van der Waals surface area (Å²) < 4.78 is 67.1. The summed E-state index contributed by atoms with van der Waals surface area (Å²) in [6.07, 6.45) is 0. The largest absolute Gasteiger partial charge is 0.457 e. The van der Waals surface area contributed by atoms with Crippen LogP contribution in [0.3, 0.4) is 0 Å². The highest BCUT2D eigenvalue weighted by Gasteiger charge is 2.19. The second kappa shape index (κ2) is 11.3. The number of benzene rings is 4. The third kappa shape index (κ3) is 6.84. The standard InChI is InChI=1S/C28H26O7S2/c1-21-11-15-25(16-12-21)36(29,30)33-19-23-7-3-5-9-27(23)35-28-10-6-4-8-24(28)20-34-37(31,32)26-17-13-22(2)14-18-26/h3-18H,19-20H2,1-2H3. The molecule has 0 radical (unpaired) electrons. The van der Waals surface area contributed by atoms with E-state index in [2.05, 4.69) is 0 Å². The fraction of sp³-hybridized carbons (Fsp3) is 0.143. The van der Waals surface area contributed by atoms with Gasteiger partial charge in [-0.15, -0.1) is 0 Å². The van der Waals surface area contributed by atoms with Crippen molar-refractivity contribution in [1.82, 2.24) is 0 Å². The number of hydrogen-bond donors (Lipinski definition) is 0. The second-order valence-electron chi connectivity index (χ2n) is 8.38. The Kier molecular flexibility index (Phi) is 8.09. The fourth-order valence-electron chi connectivity index (χ4n) is 3.39. The lowest BCUT2D eigenvalue weighted by Crippen LogP contribution is -2.08. The molecule has 0 aliphatic heterocycles. The van der Waals surface area contributed by atoms with Gasteiger partial charge in [0, 0.05) is 11.1 Å². The van der Waals surface area contributed by atoms with Crippen LogP contribution in [0.2, 0.25) is 0 Å². The smallest absolute Gasteiger partial charge is 0.297 e. The molecule has 0 spiro atoms. The Labute approximate surface area is 217 Å². The normalized spacial score (nSPS) is 11.8. The van der Waals surface area contributed by atoms with Gasteiger partial charge in [0.05, 0.1) is 23.0 Å². The van der Waals surface area contributed by atoms with Crippen LogP contribution in [0.5, 0.6) is 11.5 Å². The van der Waals surface area contributed by atoms with Gasteiger partial charge in [0.2, 0.25) is 0 Å². The molecule has 0 heterocycles. The minimum Gasteiger partial charge on any atom is -0.457 e. The molecule has 192 valence electrons. The van der Waals surface area contributed by atoms with Crippen molar-refractivity contribution in [1.29, 1.82) is 0 Å². The number of ether oxygens (including phenoxy) is 1. The van der Waals surface area contributed by atoms with Gasteiger partial charge >= 0.3 is 0 Å². The van der Waals surface area contributed by atoms with Crippen molar-refractivity contribution >= 4 is 20.2 Å². The first-order valence-corrected chi connectivity index (χ1v) is 14.2. The first-order valence-electron chi connectivity index (χ1n) is 11.4. The van der Waals surface area contributed by atoms with Crippen LogP contribution in [0, 0.1) is 13.8 Å². The Morgan fingerprint density at radius 2 is 0.865 bits per heavy atom. The van der Waals surface area contributed by atoms with Gasteiger partial charge in [-0.25, -0.2) is 0 Å². The van der Waals surface area contributed by atoms with E-state index in [1.807, 2.05) is 13.8 Å². The molecule has 0 bridgehead atoms. The number of para-hydroxylation sites is 2. The topological polar surface area (TPSA) is 96.0 Å². The molecule has 7 nitrogen and oxygen atoms in total. The fourth-order valence-corrected chi connectivity index (χ4v) is 5.17. The average Bonchev–Trinajstić information content (AvgIpc) is 2.88. The molecule has 0 unspecified atom stereocenters. The summed E-state index contributed by atoms with van der Waals surface area (Å²) in [7, 11) is -7.94. The van der Waals surface area contributed by atoms with Crippen LogP contribution in [0.1, 0.15) is 22.3 Å². The van der Waals surface area contributed by atoms with Crippen molar-refractivity contribution in [2.45, 2.75) is 36.9 Å². The molecule has 37 heavy (non-hydrogen) atoms.